The number of ether oxygens (including phenoxy) is 3. The Bertz CT molecular complexity index is 723. The van der Waals surface area contributed by atoms with E-state index in [1.165, 1.54) is 7.11 Å². The van der Waals surface area contributed by atoms with Gasteiger partial charge in [0.25, 0.3) is 0 Å². The highest BCUT2D eigenvalue weighted by Crippen LogP contribution is 2.25. The molecule has 2 N–H and O–H groups in total. The molecule has 0 aliphatic carbocycles. The van der Waals surface area contributed by atoms with Crippen molar-refractivity contribution in [3.05, 3.63) is 29.6 Å². The highest BCUT2D eigenvalue weighted by Gasteiger charge is 2.32. The lowest BCUT2D eigenvalue weighted by molar-refractivity contribution is -0.0828. The van der Waals surface area contributed by atoms with E-state index in [9.17, 15) is 4.39 Å². The minimum atomic E-state index is -0.304. The van der Waals surface area contributed by atoms with E-state index in [0.717, 1.165) is 76.6 Å². The molecular weight excluding hydrogens is 526 g/mol. The number of nitrogens with zero attached hydrogens (tertiary/aromatic N) is 2. The van der Waals surface area contributed by atoms with Gasteiger partial charge in [-0.05, 0) is 37.5 Å². The highest BCUT2D eigenvalue weighted by molar-refractivity contribution is 14.0. The van der Waals surface area contributed by atoms with Crippen molar-refractivity contribution in [3.8, 4) is 5.75 Å². The average molecular weight is 564 g/mol. The zero-order valence-corrected chi connectivity index (χ0v) is 21.8. The van der Waals surface area contributed by atoms with Crippen molar-refractivity contribution < 1.29 is 18.6 Å². The molecule has 32 heavy (non-hydrogen) atoms. The van der Waals surface area contributed by atoms with Gasteiger partial charge in [0.15, 0.2) is 17.5 Å². The van der Waals surface area contributed by atoms with Crippen LogP contribution in [0, 0.1) is 5.82 Å². The van der Waals surface area contributed by atoms with Crippen molar-refractivity contribution in [1.29, 1.82) is 0 Å². The second-order valence-corrected chi connectivity index (χ2v) is 8.36. The van der Waals surface area contributed by atoms with Crippen LogP contribution in [0.15, 0.2) is 23.2 Å². The van der Waals surface area contributed by atoms with Crippen LogP contribution in [0.5, 0.6) is 5.75 Å². The monoisotopic (exact) mass is 564 g/mol. The minimum Gasteiger partial charge on any atom is -0.494 e. The predicted molar refractivity (Wildman–Crippen MR) is 136 cm³/mol. The SMILES string of the molecule is CCNC(=NCC1(OC)CCOCC1)NC1CCN(Cc2ccc(OC)c(F)c2)CC1.I. The smallest absolute Gasteiger partial charge is 0.191 e. The van der Waals surface area contributed by atoms with E-state index in [-0.39, 0.29) is 41.1 Å². The van der Waals surface area contributed by atoms with E-state index < -0.39 is 0 Å². The summed E-state index contributed by atoms with van der Waals surface area (Å²) in [7, 11) is 3.26. The summed E-state index contributed by atoms with van der Waals surface area (Å²) in [6, 6.07) is 5.57. The summed E-state index contributed by atoms with van der Waals surface area (Å²) in [4.78, 5) is 7.20. The Balaban J connectivity index is 0.00000363. The molecule has 182 valence electrons. The van der Waals surface area contributed by atoms with Gasteiger partial charge in [-0.25, -0.2) is 4.39 Å². The quantitative estimate of drug-likeness (QED) is 0.288. The lowest BCUT2D eigenvalue weighted by Gasteiger charge is -2.35. The molecule has 0 radical (unpaired) electrons. The molecule has 0 atom stereocenters. The van der Waals surface area contributed by atoms with E-state index >= 15 is 0 Å². The van der Waals surface area contributed by atoms with Crippen LogP contribution in [0.3, 0.4) is 0 Å². The van der Waals surface area contributed by atoms with E-state index in [2.05, 4.69) is 22.5 Å². The van der Waals surface area contributed by atoms with Gasteiger partial charge in [-0.15, -0.1) is 24.0 Å². The van der Waals surface area contributed by atoms with Crippen LogP contribution in [0.25, 0.3) is 0 Å². The van der Waals surface area contributed by atoms with Crippen LogP contribution in [0.2, 0.25) is 0 Å². The van der Waals surface area contributed by atoms with Crippen molar-refractivity contribution in [2.75, 3.05) is 53.6 Å². The van der Waals surface area contributed by atoms with Crippen LogP contribution in [-0.2, 0) is 16.0 Å². The van der Waals surface area contributed by atoms with Gasteiger partial charge in [-0.1, -0.05) is 6.07 Å². The largest absolute Gasteiger partial charge is 0.494 e. The molecule has 9 heteroatoms. The van der Waals surface area contributed by atoms with Gasteiger partial charge < -0.3 is 24.8 Å². The van der Waals surface area contributed by atoms with Crippen LogP contribution < -0.4 is 15.4 Å². The molecule has 2 saturated heterocycles. The maximum atomic E-state index is 14.0. The molecule has 7 nitrogen and oxygen atoms in total. The van der Waals surface area contributed by atoms with Crippen LogP contribution in [0.4, 0.5) is 4.39 Å². The van der Waals surface area contributed by atoms with Crippen LogP contribution >= 0.6 is 24.0 Å². The van der Waals surface area contributed by atoms with Gasteiger partial charge in [0.1, 0.15) is 0 Å². The number of hydrogen-bond donors (Lipinski definition) is 2. The first kappa shape index (κ1) is 27.1. The predicted octanol–water partition coefficient (Wildman–Crippen LogP) is 3.17. The summed E-state index contributed by atoms with van der Waals surface area (Å²) in [6.07, 6.45) is 3.78. The van der Waals surface area contributed by atoms with Crippen LogP contribution in [0.1, 0.15) is 38.2 Å². The zero-order valence-electron chi connectivity index (χ0n) is 19.5. The summed E-state index contributed by atoms with van der Waals surface area (Å²) in [6.45, 7) is 7.65. The van der Waals surface area contributed by atoms with Gasteiger partial charge in [-0.2, -0.15) is 0 Å². The number of halogens is 2. The molecule has 0 amide bonds. The fourth-order valence-corrected chi connectivity index (χ4v) is 4.21. The van der Waals surface area contributed by atoms with Crippen molar-refractivity contribution in [1.82, 2.24) is 15.5 Å². The summed E-state index contributed by atoms with van der Waals surface area (Å²) in [5, 5.41) is 6.96. The van der Waals surface area contributed by atoms with Crippen molar-refractivity contribution in [2.45, 2.75) is 50.8 Å². The maximum Gasteiger partial charge on any atom is 0.191 e. The highest BCUT2D eigenvalue weighted by atomic mass is 127. The van der Waals surface area contributed by atoms with Gasteiger partial charge in [-0.3, -0.25) is 9.89 Å². The fraction of sp³-hybridized carbons (Fsp3) is 0.696. The second-order valence-electron chi connectivity index (χ2n) is 8.36. The van der Waals surface area contributed by atoms with Crippen molar-refractivity contribution in [3.63, 3.8) is 0 Å². The number of nitrogens with one attached hydrogen (secondary N) is 2. The first-order chi connectivity index (χ1) is 15.1. The Morgan fingerprint density at radius 3 is 2.56 bits per heavy atom. The lowest BCUT2D eigenvalue weighted by Crippen LogP contribution is -2.49. The Kier molecular flexibility index (Phi) is 11.4. The molecule has 0 saturated carbocycles. The Morgan fingerprint density at radius 2 is 1.97 bits per heavy atom. The summed E-state index contributed by atoms with van der Waals surface area (Å²) in [5.41, 5.74) is 0.748. The van der Waals surface area contributed by atoms with Gasteiger partial charge in [0.2, 0.25) is 0 Å². The van der Waals surface area contributed by atoms with E-state index in [1.807, 2.05) is 6.07 Å². The number of guanidine groups is 1. The number of hydrogen-bond acceptors (Lipinski definition) is 5. The Hall–Kier alpha value is -1.17. The molecule has 1 aromatic carbocycles. The molecular formula is C23H38FIN4O3. The number of benzene rings is 1. The zero-order chi connectivity index (χ0) is 22.1. The van der Waals surface area contributed by atoms with Gasteiger partial charge >= 0.3 is 0 Å². The normalized spacial score (nSPS) is 19.8. The molecule has 1 aromatic rings. The maximum absolute atomic E-state index is 14.0. The van der Waals surface area contributed by atoms with Crippen LogP contribution in [-0.4, -0.2) is 76.1 Å². The fourth-order valence-electron chi connectivity index (χ4n) is 4.21. The van der Waals surface area contributed by atoms with E-state index in [0.29, 0.717) is 12.6 Å². The summed E-state index contributed by atoms with van der Waals surface area (Å²) < 4.78 is 30.2. The molecule has 0 spiro atoms. The standard InChI is InChI=1S/C23H37FN4O3.HI/c1-4-25-22(26-17-23(30-3)9-13-31-14-10-23)27-19-7-11-28(12-8-19)16-18-5-6-21(29-2)20(24)15-18;/h5-6,15,19H,4,7-14,16-17H2,1-3H3,(H2,25,26,27);1H. The number of likely N-dealkylation sites (tertiary alicyclic amines) is 1. The number of rotatable bonds is 8. The molecule has 2 aliphatic rings. The molecule has 0 aromatic heterocycles. The second kappa shape index (κ2) is 13.5. The molecule has 0 unspecified atom stereocenters. The summed E-state index contributed by atoms with van der Waals surface area (Å²) >= 11 is 0. The Labute approximate surface area is 208 Å². The number of piperidine rings is 1. The Morgan fingerprint density at radius 1 is 1.25 bits per heavy atom. The van der Waals surface area contributed by atoms with Gasteiger partial charge in [0.05, 0.1) is 19.3 Å². The van der Waals surface area contributed by atoms with Gasteiger partial charge in [0, 0.05) is 65.4 Å². The molecule has 2 fully saturated rings. The molecule has 2 aliphatic heterocycles. The first-order valence-corrected chi connectivity index (χ1v) is 11.3. The third kappa shape index (κ3) is 7.71. The van der Waals surface area contributed by atoms with E-state index in [4.69, 9.17) is 19.2 Å². The molecule has 2 heterocycles. The third-order valence-electron chi connectivity index (χ3n) is 6.26. The first-order valence-electron chi connectivity index (χ1n) is 11.3. The van der Waals surface area contributed by atoms with Crippen molar-refractivity contribution in [2.24, 2.45) is 4.99 Å². The number of methoxy groups -OCH3 is 2. The molecule has 0 bridgehead atoms. The van der Waals surface area contributed by atoms with Crippen molar-refractivity contribution >= 4 is 29.9 Å². The summed E-state index contributed by atoms with van der Waals surface area (Å²) in [5.74, 6) is 0.834. The third-order valence-corrected chi connectivity index (χ3v) is 6.26. The number of aliphatic imine (C=N–C) groups is 1. The lowest BCUT2D eigenvalue weighted by atomic mass is 9.94. The van der Waals surface area contributed by atoms with E-state index in [1.54, 1.807) is 19.2 Å². The molecule has 3 rings (SSSR count). The minimum absolute atomic E-state index is 0. The average Bonchev–Trinajstić information content (AvgIpc) is 2.80. The topological polar surface area (TPSA) is 67.4 Å².